The molecule has 1 aromatic carbocycles. The fourth-order valence-corrected chi connectivity index (χ4v) is 2.70. The Morgan fingerprint density at radius 3 is 3.00 bits per heavy atom. The summed E-state index contributed by atoms with van der Waals surface area (Å²) in [5.41, 5.74) is 1.13. The number of carbonyl (C=O) groups is 1. The molecular formula is C14H18N2O2. The van der Waals surface area contributed by atoms with Crippen LogP contribution in [-0.2, 0) is 11.2 Å². The molecule has 0 aromatic heterocycles. The van der Waals surface area contributed by atoms with Crippen LogP contribution in [0.1, 0.15) is 12.0 Å². The van der Waals surface area contributed by atoms with Crippen molar-refractivity contribution >= 4 is 5.91 Å². The first-order valence-corrected chi connectivity index (χ1v) is 6.47. The molecule has 4 nitrogen and oxygen atoms in total. The SMILES string of the molecule is CN(C(=O)C1Cc2ccccc2O1)C1CCNC1. The van der Waals surface area contributed by atoms with Gasteiger partial charge < -0.3 is 15.0 Å². The molecule has 18 heavy (non-hydrogen) atoms. The monoisotopic (exact) mass is 246 g/mol. The molecule has 1 amide bonds. The normalized spacial score (nSPS) is 25.6. The molecule has 1 N–H and O–H groups in total. The van der Waals surface area contributed by atoms with Crippen LogP contribution in [0.3, 0.4) is 0 Å². The fraction of sp³-hybridized carbons (Fsp3) is 0.500. The Bertz CT molecular complexity index is 430. The molecule has 96 valence electrons. The zero-order valence-corrected chi connectivity index (χ0v) is 10.6. The van der Waals surface area contributed by atoms with Gasteiger partial charge in [0.25, 0.3) is 5.91 Å². The van der Waals surface area contributed by atoms with Crippen molar-refractivity contribution in [1.29, 1.82) is 0 Å². The van der Waals surface area contributed by atoms with E-state index in [1.54, 1.807) is 0 Å². The lowest BCUT2D eigenvalue weighted by molar-refractivity contribution is -0.138. The van der Waals surface area contributed by atoms with Crippen molar-refractivity contribution in [3.8, 4) is 5.75 Å². The third-order valence-electron chi connectivity index (χ3n) is 3.85. The van der Waals surface area contributed by atoms with Crippen molar-refractivity contribution in [1.82, 2.24) is 10.2 Å². The molecule has 2 aliphatic rings. The first-order valence-electron chi connectivity index (χ1n) is 6.47. The maximum atomic E-state index is 12.4. The average molecular weight is 246 g/mol. The predicted octanol–water partition coefficient (Wildman–Crippen LogP) is 0.810. The number of benzene rings is 1. The number of hydrogen-bond donors (Lipinski definition) is 1. The number of para-hydroxylation sites is 1. The molecule has 1 fully saturated rings. The van der Waals surface area contributed by atoms with Crippen LogP contribution >= 0.6 is 0 Å². The summed E-state index contributed by atoms with van der Waals surface area (Å²) in [7, 11) is 1.88. The Morgan fingerprint density at radius 1 is 1.44 bits per heavy atom. The number of amides is 1. The Kier molecular flexibility index (Phi) is 2.96. The van der Waals surface area contributed by atoms with Crippen LogP contribution in [0.5, 0.6) is 5.75 Å². The molecule has 1 aromatic rings. The first-order chi connectivity index (χ1) is 8.75. The summed E-state index contributed by atoms with van der Waals surface area (Å²) < 4.78 is 5.74. The summed E-state index contributed by atoms with van der Waals surface area (Å²) in [4.78, 5) is 14.2. The smallest absolute Gasteiger partial charge is 0.264 e. The minimum atomic E-state index is -0.340. The highest BCUT2D eigenvalue weighted by Crippen LogP contribution is 2.29. The number of carbonyl (C=O) groups excluding carboxylic acids is 1. The van der Waals surface area contributed by atoms with Gasteiger partial charge in [0.1, 0.15) is 5.75 Å². The van der Waals surface area contributed by atoms with Gasteiger partial charge in [-0.2, -0.15) is 0 Å². The molecule has 3 rings (SSSR count). The zero-order chi connectivity index (χ0) is 12.5. The van der Waals surface area contributed by atoms with Crippen LogP contribution in [0.15, 0.2) is 24.3 Å². The van der Waals surface area contributed by atoms with Gasteiger partial charge in [-0.3, -0.25) is 4.79 Å². The number of hydrogen-bond acceptors (Lipinski definition) is 3. The second-order valence-corrected chi connectivity index (χ2v) is 5.01. The average Bonchev–Trinajstić information content (AvgIpc) is 3.05. The van der Waals surface area contributed by atoms with Gasteiger partial charge in [-0.1, -0.05) is 18.2 Å². The van der Waals surface area contributed by atoms with E-state index in [4.69, 9.17) is 4.74 Å². The standard InChI is InChI=1S/C14H18N2O2/c1-16(11-6-7-15-9-11)14(17)13-8-10-4-2-3-5-12(10)18-13/h2-5,11,13,15H,6-9H2,1H3. The highest BCUT2D eigenvalue weighted by molar-refractivity contribution is 5.82. The van der Waals surface area contributed by atoms with E-state index < -0.39 is 0 Å². The minimum Gasteiger partial charge on any atom is -0.480 e. The largest absolute Gasteiger partial charge is 0.480 e. The Hall–Kier alpha value is -1.55. The molecule has 0 radical (unpaired) electrons. The van der Waals surface area contributed by atoms with Crippen LogP contribution in [0.2, 0.25) is 0 Å². The molecule has 2 aliphatic heterocycles. The summed E-state index contributed by atoms with van der Waals surface area (Å²) in [6.07, 6.45) is 1.38. The molecule has 0 bridgehead atoms. The molecule has 0 saturated carbocycles. The third kappa shape index (κ3) is 1.97. The van der Waals surface area contributed by atoms with Crippen LogP contribution in [0.25, 0.3) is 0 Å². The summed E-state index contributed by atoms with van der Waals surface area (Å²) >= 11 is 0. The van der Waals surface area contributed by atoms with Crippen LogP contribution < -0.4 is 10.1 Å². The summed E-state index contributed by atoms with van der Waals surface area (Å²) in [6.45, 7) is 1.88. The number of fused-ring (bicyclic) bond motifs is 1. The molecule has 2 unspecified atom stereocenters. The molecule has 2 atom stereocenters. The van der Waals surface area contributed by atoms with Crippen molar-refractivity contribution in [2.24, 2.45) is 0 Å². The van der Waals surface area contributed by atoms with Gasteiger partial charge >= 0.3 is 0 Å². The third-order valence-corrected chi connectivity index (χ3v) is 3.85. The lowest BCUT2D eigenvalue weighted by Gasteiger charge is -2.26. The van der Waals surface area contributed by atoms with Crippen molar-refractivity contribution in [3.05, 3.63) is 29.8 Å². The van der Waals surface area contributed by atoms with E-state index in [1.165, 1.54) is 0 Å². The number of likely N-dealkylation sites (N-methyl/N-ethyl adjacent to an activating group) is 1. The van der Waals surface area contributed by atoms with Crippen LogP contribution in [0, 0.1) is 0 Å². The first kappa shape index (κ1) is 11.5. The second kappa shape index (κ2) is 4.61. The highest BCUT2D eigenvalue weighted by Gasteiger charge is 2.34. The highest BCUT2D eigenvalue weighted by atomic mass is 16.5. The van der Waals surface area contributed by atoms with Gasteiger partial charge in [0.2, 0.25) is 0 Å². The van der Waals surface area contributed by atoms with E-state index in [9.17, 15) is 4.79 Å². The molecular weight excluding hydrogens is 228 g/mol. The summed E-state index contributed by atoms with van der Waals surface area (Å²) in [5.74, 6) is 0.952. The molecule has 0 spiro atoms. The van der Waals surface area contributed by atoms with Gasteiger partial charge in [-0.25, -0.2) is 0 Å². The molecule has 1 saturated heterocycles. The molecule has 0 aliphatic carbocycles. The maximum Gasteiger partial charge on any atom is 0.264 e. The minimum absolute atomic E-state index is 0.0971. The van der Waals surface area contributed by atoms with Gasteiger partial charge in [0, 0.05) is 26.1 Å². The van der Waals surface area contributed by atoms with Crippen molar-refractivity contribution in [2.45, 2.75) is 25.0 Å². The summed E-state index contributed by atoms with van der Waals surface area (Å²) in [6, 6.07) is 8.19. The Morgan fingerprint density at radius 2 is 2.28 bits per heavy atom. The fourth-order valence-electron chi connectivity index (χ4n) is 2.70. The maximum absolute atomic E-state index is 12.4. The van der Waals surface area contributed by atoms with Gasteiger partial charge in [0.05, 0.1) is 0 Å². The van der Waals surface area contributed by atoms with E-state index in [-0.39, 0.29) is 12.0 Å². The van der Waals surface area contributed by atoms with Crippen molar-refractivity contribution < 1.29 is 9.53 Å². The Labute approximate surface area is 107 Å². The van der Waals surface area contributed by atoms with Gasteiger partial charge in [-0.15, -0.1) is 0 Å². The van der Waals surface area contributed by atoms with E-state index in [2.05, 4.69) is 5.32 Å². The lowest BCUT2D eigenvalue weighted by Crippen LogP contribution is -2.45. The van der Waals surface area contributed by atoms with Gasteiger partial charge in [0.15, 0.2) is 6.10 Å². The number of rotatable bonds is 2. The van der Waals surface area contributed by atoms with Crippen molar-refractivity contribution in [3.63, 3.8) is 0 Å². The van der Waals surface area contributed by atoms with Crippen LogP contribution in [-0.4, -0.2) is 43.1 Å². The number of nitrogens with zero attached hydrogens (tertiary/aromatic N) is 1. The predicted molar refractivity (Wildman–Crippen MR) is 68.6 cm³/mol. The van der Waals surface area contributed by atoms with E-state index >= 15 is 0 Å². The van der Waals surface area contributed by atoms with Crippen molar-refractivity contribution in [2.75, 3.05) is 20.1 Å². The molecule has 2 heterocycles. The quantitative estimate of drug-likeness (QED) is 0.839. The lowest BCUT2D eigenvalue weighted by atomic mass is 10.1. The topological polar surface area (TPSA) is 41.6 Å². The zero-order valence-electron chi connectivity index (χ0n) is 10.6. The Balaban J connectivity index is 1.68. The van der Waals surface area contributed by atoms with Crippen LogP contribution in [0.4, 0.5) is 0 Å². The van der Waals surface area contributed by atoms with Gasteiger partial charge in [-0.05, 0) is 24.6 Å². The molecule has 4 heteroatoms. The number of nitrogens with one attached hydrogen (secondary N) is 1. The summed E-state index contributed by atoms with van der Waals surface area (Å²) in [5, 5.41) is 3.28. The van der Waals surface area contributed by atoms with E-state index in [1.807, 2.05) is 36.2 Å². The number of ether oxygens (including phenoxy) is 1. The van der Waals surface area contributed by atoms with E-state index in [0.29, 0.717) is 12.5 Å². The second-order valence-electron chi connectivity index (χ2n) is 5.01. The van der Waals surface area contributed by atoms with E-state index in [0.717, 1.165) is 30.8 Å².